The monoisotopic (exact) mass is 504 g/mol. The van der Waals surface area contributed by atoms with Crippen LogP contribution in [-0.4, -0.2) is 47.6 Å². The van der Waals surface area contributed by atoms with Gasteiger partial charge in [-0.3, -0.25) is 4.99 Å². The standard InChI is InChI=1S/C22H28N6.HI/c1-2-23-22(24-13-11-18-17-28-14-7-6-10-21(28)25-18)26-19-12-15-27(16-19)20-8-4-3-5-9-20;/h3-10,14,17,19H,2,11-13,15-16H2,1H3,(H2,23,24,26);1H. The van der Waals surface area contributed by atoms with Crippen molar-refractivity contribution in [3.05, 3.63) is 66.6 Å². The maximum atomic E-state index is 4.77. The summed E-state index contributed by atoms with van der Waals surface area (Å²) in [6, 6.07) is 17.1. The number of halogens is 1. The lowest BCUT2D eigenvalue weighted by atomic mass is 10.2. The van der Waals surface area contributed by atoms with Crippen molar-refractivity contribution in [1.29, 1.82) is 0 Å². The molecule has 0 amide bonds. The van der Waals surface area contributed by atoms with Gasteiger partial charge in [0.05, 0.1) is 5.69 Å². The van der Waals surface area contributed by atoms with Gasteiger partial charge in [-0.1, -0.05) is 24.3 Å². The van der Waals surface area contributed by atoms with Crippen molar-refractivity contribution in [3.8, 4) is 0 Å². The second-order valence-electron chi connectivity index (χ2n) is 7.12. The summed E-state index contributed by atoms with van der Waals surface area (Å²) in [5, 5.41) is 6.97. The first-order valence-corrected chi connectivity index (χ1v) is 10.1. The van der Waals surface area contributed by atoms with Gasteiger partial charge < -0.3 is 19.9 Å². The lowest BCUT2D eigenvalue weighted by molar-refractivity contribution is 0.649. The first-order chi connectivity index (χ1) is 13.8. The summed E-state index contributed by atoms with van der Waals surface area (Å²) < 4.78 is 2.05. The van der Waals surface area contributed by atoms with Crippen LogP contribution in [-0.2, 0) is 6.42 Å². The second-order valence-corrected chi connectivity index (χ2v) is 7.12. The maximum absolute atomic E-state index is 4.77. The molecule has 0 saturated carbocycles. The lowest BCUT2D eigenvalue weighted by Gasteiger charge is -2.20. The number of benzene rings is 1. The zero-order chi connectivity index (χ0) is 19.2. The maximum Gasteiger partial charge on any atom is 0.191 e. The Morgan fingerprint density at radius 1 is 1.17 bits per heavy atom. The number of nitrogens with zero attached hydrogens (tertiary/aromatic N) is 4. The Kier molecular flexibility index (Phi) is 7.74. The topological polar surface area (TPSA) is 57.0 Å². The van der Waals surface area contributed by atoms with E-state index >= 15 is 0 Å². The highest BCUT2D eigenvalue weighted by Gasteiger charge is 2.23. The minimum absolute atomic E-state index is 0. The highest BCUT2D eigenvalue weighted by atomic mass is 127. The molecule has 6 nitrogen and oxygen atoms in total. The number of nitrogens with one attached hydrogen (secondary N) is 2. The van der Waals surface area contributed by atoms with E-state index in [1.54, 1.807) is 0 Å². The summed E-state index contributed by atoms with van der Waals surface area (Å²) >= 11 is 0. The van der Waals surface area contributed by atoms with Gasteiger partial charge >= 0.3 is 0 Å². The van der Waals surface area contributed by atoms with Crippen LogP contribution in [0.4, 0.5) is 5.69 Å². The number of aromatic nitrogens is 2. The van der Waals surface area contributed by atoms with Crippen LogP contribution in [0.1, 0.15) is 19.0 Å². The third-order valence-electron chi connectivity index (χ3n) is 5.05. The second kappa shape index (κ2) is 10.5. The summed E-state index contributed by atoms with van der Waals surface area (Å²) in [7, 11) is 0. The van der Waals surface area contributed by atoms with Crippen LogP contribution in [0.3, 0.4) is 0 Å². The molecule has 3 aromatic rings. The fraction of sp³-hybridized carbons (Fsp3) is 0.364. The molecule has 0 bridgehead atoms. The van der Waals surface area contributed by atoms with E-state index in [0.717, 1.165) is 49.8 Å². The van der Waals surface area contributed by atoms with Crippen LogP contribution in [0.25, 0.3) is 5.65 Å². The molecule has 0 spiro atoms. The number of guanidine groups is 1. The molecule has 1 aliphatic heterocycles. The highest BCUT2D eigenvalue weighted by molar-refractivity contribution is 14.0. The third-order valence-corrected chi connectivity index (χ3v) is 5.05. The van der Waals surface area contributed by atoms with Crippen LogP contribution in [0.2, 0.25) is 0 Å². The molecule has 7 heteroatoms. The molecule has 1 fully saturated rings. The molecule has 1 saturated heterocycles. The number of hydrogen-bond donors (Lipinski definition) is 2. The van der Waals surface area contributed by atoms with Gasteiger partial charge in [0.15, 0.2) is 5.96 Å². The van der Waals surface area contributed by atoms with E-state index in [1.165, 1.54) is 5.69 Å². The van der Waals surface area contributed by atoms with Crippen molar-refractivity contribution in [2.24, 2.45) is 4.99 Å². The molecule has 1 aliphatic rings. The fourth-order valence-corrected chi connectivity index (χ4v) is 3.65. The van der Waals surface area contributed by atoms with Gasteiger partial charge in [0, 0.05) is 56.7 Å². The van der Waals surface area contributed by atoms with Gasteiger partial charge in [-0.05, 0) is 37.6 Å². The Bertz CT molecular complexity index is 890. The molecular formula is C22H29IN6. The number of hydrogen-bond acceptors (Lipinski definition) is 3. The van der Waals surface area contributed by atoms with Gasteiger partial charge in [0.2, 0.25) is 0 Å². The molecule has 4 rings (SSSR count). The molecule has 29 heavy (non-hydrogen) atoms. The Labute approximate surface area is 189 Å². The SMILES string of the molecule is CCNC(=NCCc1cn2ccccc2n1)NC1CCN(c2ccccc2)C1.I. The average Bonchev–Trinajstić information content (AvgIpc) is 3.35. The molecule has 2 aromatic heterocycles. The Hall–Kier alpha value is -2.29. The number of fused-ring (bicyclic) bond motifs is 1. The first-order valence-electron chi connectivity index (χ1n) is 10.1. The van der Waals surface area contributed by atoms with Crippen molar-refractivity contribution in [3.63, 3.8) is 0 Å². The smallest absolute Gasteiger partial charge is 0.191 e. The van der Waals surface area contributed by atoms with Crippen LogP contribution < -0.4 is 15.5 Å². The average molecular weight is 504 g/mol. The molecule has 0 aliphatic carbocycles. The van der Waals surface area contributed by atoms with Crippen LogP contribution >= 0.6 is 24.0 Å². The normalized spacial score (nSPS) is 16.7. The van der Waals surface area contributed by atoms with Gasteiger partial charge in [-0.15, -0.1) is 24.0 Å². The molecule has 1 aromatic carbocycles. The van der Waals surface area contributed by atoms with Gasteiger partial charge in [-0.2, -0.15) is 0 Å². The van der Waals surface area contributed by atoms with E-state index < -0.39 is 0 Å². The minimum Gasteiger partial charge on any atom is -0.369 e. The van der Waals surface area contributed by atoms with Gasteiger partial charge in [-0.25, -0.2) is 4.98 Å². The van der Waals surface area contributed by atoms with Crippen LogP contribution in [0.5, 0.6) is 0 Å². The summed E-state index contributed by atoms with van der Waals surface area (Å²) in [6.07, 6.45) is 6.06. The minimum atomic E-state index is 0. The van der Waals surface area contributed by atoms with E-state index in [-0.39, 0.29) is 24.0 Å². The zero-order valence-electron chi connectivity index (χ0n) is 16.8. The molecule has 1 unspecified atom stereocenters. The van der Waals surface area contributed by atoms with Crippen LogP contribution in [0, 0.1) is 0 Å². The van der Waals surface area contributed by atoms with Crippen molar-refractivity contribution >= 4 is 41.3 Å². The first kappa shape index (κ1) is 21.4. The predicted molar refractivity (Wildman–Crippen MR) is 130 cm³/mol. The summed E-state index contributed by atoms with van der Waals surface area (Å²) in [5.74, 6) is 0.895. The zero-order valence-corrected chi connectivity index (χ0v) is 19.1. The Morgan fingerprint density at radius 3 is 2.79 bits per heavy atom. The van der Waals surface area contributed by atoms with Gasteiger partial charge in [0.25, 0.3) is 0 Å². The number of rotatable bonds is 6. The number of para-hydroxylation sites is 1. The van der Waals surface area contributed by atoms with E-state index in [1.807, 2.05) is 24.4 Å². The van der Waals surface area contributed by atoms with Crippen molar-refractivity contribution in [2.75, 3.05) is 31.1 Å². The summed E-state index contributed by atoms with van der Waals surface area (Å²) in [4.78, 5) is 11.8. The number of anilines is 1. The number of aliphatic imine (C=N–C) groups is 1. The fourth-order valence-electron chi connectivity index (χ4n) is 3.65. The molecule has 0 radical (unpaired) electrons. The Morgan fingerprint density at radius 2 is 2.00 bits per heavy atom. The quantitative estimate of drug-likeness (QED) is 0.307. The molecule has 1 atom stereocenters. The van der Waals surface area contributed by atoms with Crippen molar-refractivity contribution < 1.29 is 0 Å². The summed E-state index contributed by atoms with van der Waals surface area (Å²) in [6.45, 7) is 5.75. The lowest BCUT2D eigenvalue weighted by Crippen LogP contribution is -2.44. The highest BCUT2D eigenvalue weighted by Crippen LogP contribution is 2.19. The largest absolute Gasteiger partial charge is 0.369 e. The predicted octanol–water partition coefficient (Wildman–Crippen LogP) is 3.33. The van der Waals surface area contributed by atoms with E-state index in [2.05, 4.69) is 68.4 Å². The third kappa shape index (κ3) is 5.62. The van der Waals surface area contributed by atoms with E-state index in [9.17, 15) is 0 Å². The Balaban J connectivity index is 0.00000240. The molecule has 154 valence electrons. The van der Waals surface area contributed by atoms with Crippen molar-refractivity contribution in [2.45, 2.75) is 25.8 Å². The number of imidazole rings is 1. The molecule has 2 N–H and O–H groups in total. The van der Waals surface area contributed by atoms with Crippen LogP contribution in [0.15, 0.2) is 65.9 Å². The van der Waals surface area contributed by atoms with Gasteiger partial charge in [0.1, 0.15) is 5.65 Å². The number of pyridine rings is 1. The van der Waals surface area contributed by atoms with Crippen molar-refractivity contribution in [1.82, 2.24) is 20.0 Å². The molecule has 3 heterocycles. The summed E-state index contributed by atoms with van der Waals surface area (Å²) in [5.41, 5.74) is 3.35. The molecular weight excluding hydrogens is 475 g/mol. The van der Waals surface area contributed by atoms with E-state index in [0.29, 0.717) is 12.6 Å². The van der Waals surface area contributed by atoms with E-state index in [4.69, 9.17) is 4.99 Å².